The minimum Gasteiger partial charge on any atom is -0.380 e. The Labute approximate surface area is 168 Å². The van der Waals surface area contributed by atoms with Gasteiger partial charge in [-0.05, 0) is 24.1 Å². The third kappa shape index (κ3) is 3.64. The summed E-state index contributed by atoms with van der Waals surface area (Å²) in [6.07, 6.45) is 5.87. The Kier molecular flexibility index (Phi) is 5.14. The van der Waals surface area contributed by atoms with E-state index >= 15 is 0 Å². The number of aromatic amines is 1. The van der Waals surface area contributed by atoms with Gasteiger partial charge < -0.3 is 16.0 Å². The lowest BCUT2D eigenvalue weighted by Crippen LogP contribution is -2.49. The Hall–Kier alpha value is -3.45. The third-order valence-electron chi connectivity index (χ3n) is 5.19. The van der Waals surface area contributed by atoms with Gasteiger partial charge in [0.1, 0.15) is 5.65 Å². The van der Waals surface area contributed by atoms with Crippen molar-refractivity contribution in [1.29, 1.82) is 0 Å². The van der Waals surface area contributed by atoms with Crippen LogP contribution in [0.1, 0.15) is 18.1 Å². The maximum atomic E-state index is 13.4. The van der Waals surface area contributed by atoms with Gasteiger partial charge in [-0.2, -0.15) is 0 Å². The van der Waals surface area contributed by atoms with Crippen LogP contribution < -0.4 is 11.1 Å². The van der Waals surface area contributed by atoms with Crippen LogP contribution in [0.4, 0.5) is 5.69 Å². The maximum absolute atomic E-state index is 13.4. The second kappa shape index (κ2) is 7.89. The Morgan fingerprint density at radius 2 is 2.03 bits per heavy atom. The summed E-state index contributed by atoms with van der Waals surface area (Å²) < 4.78 is 0. The van der Waals surface area contributed by atoms with E-state index in [0.29, 0.717) is 18.5 Å². The summed E-state index contributed by atoms with van der Waals surface area (Å²) in [6.45, 7) is 1.92. The van der Waals surface area contributed by atoms with Crippen LogP contribution in [0.25, 0.3) is 17.1 Å². The molecule has 1 aliphatic heterocycles. The number of H-pyrrole nitrogens is 1. The lowest BCUT2D eigenvalue weighted by Gasteiger charge is -2.29. The maximum Gasteiger partial charge on any atom is 0.258 e. The lowest BCUT2D eigenvalue weighted by molar-refractivity contribution is -0.143. The van der Waals surface area contributed by atoms with Crippen molar-refractivity contribution in [1.82, 2.24) is 14.9 Å². The molecule has 1 atom stereocenters. The summed E-state index contributed by atoms with van der Waals surface area (Å²) >= 11 is 0. The third-order valence-corrected chi connectivity index (χ3v) is 5.19. The number of amides is 2. The molecule has 0 radical (unpaired) electrons. The Morgan fingerprint density at radius 3 is 2.76 bits per heavy atom. The number of rotatable bonds is 5. The summed E-state index contributed by atoms with van der Waals surface area (Å²) in [4.78, 5) is 34.6. The fraction of sp³-hybridized carbons (Fsp3) is 0.227. The number of nitrogens with one attached hydrogen (secondary N) is 2. The first-order valence-electron chi connectivity index (χ1n) is 9.57. The number of hydrogen-bond donors (Lipinski definition) is 3. The van der Waals surface area contributed by atoms with Gasteiger partial charge in [-0.15, -0.1) is 0 Å². The van der Waals surface area contributed by atoms with Gasteiger partial charge in [0.2, 0.25) is 5.91 Å². The van der Waals surface area contributed by atoms with E-state index in [1.165, 1.54) is 11.8 Å². The number of anilines is 1. The molecule has 148 valence electrons. The van der Waals surface area contributed by atoms with Gasteiger partial charge >= 0.3 is 0 Å². The standard InChI is InChI=1S/C22H23N5O2/c1-14(28)27(18(11-23)9-15-5-3-2-4-6-15)22(29)17-10-16-12-26-21-20(16)19(25-13-17)7-8-24-21/h2-8,10,12,18,25H,9,11,13,23H2,1H3,(H,24,26)/t18-/m0/s1. The molecule has 2 amide bonds. The largest absolute Gasteiger partial charge is 0.380 e. The van der Waals surface area contributed by atoms with Crippen molar-refractivity contribution in [2.45, 2.75) is 19.4 Å². The quantitative estimate of drug-likeness (QED) is 0.621. The van der Waals surface area contributed by atoms with Crippen LogP contribution in [0, 0.1) is 0 Å². The van der Waals surface area contributed by atoms with Crippen molar-refractivity contribution in [3.8, 4) is 0 Å². The first-order valence-corrected chi connectivity index (χ1v) is 9.57. The summed E-state index contributed by atoms with van der Waals surface area (Å²) in [6, 6.07) is 11.2. The number of pyridine rings is 1. The van der Waals surface area contributed by atoms with Crippen LogP contribution in [-0.4, -0.2) is 45.8 Å². The molecule has 7 nitrogen and oxygen atoms in total. The van der Waals surface area contributed by atoms with Crippen LogP contribution in [0.15, 0.2) is 54.4 Å². The van der Waals surface area contributed by atoms with Gasteiger partial charge in [0.15, 0.2) is 0 Å². The predicted molar refractivity (Wildman–Crippen MR) is 113 cm³/mol. The van der Waals surface area contributed by atoms with Crippen LogP contribution in [0.2, 0.25) is 0 Å². The summed E-state index contributed by atoms with van der Waals surface area (Å²) in [5, 5.41) is 4.22. The molecular formula is C22H23N5O2. The van der Waals surface area contributed by atoms with Crippen LogP contribution in [0.5, 0.6) is 0 Å². The van der Waals surface area contributed by atoms with E-state index in [1.54, 1.807) is 6.20 Å². The molecular weight excluding hydrogens is 366 g/mol. The molecule has 4 rings (SSSR count). The Balaban J connectivity index is 1.66. The highest BCUT2D eigenvalue weighted by molar-refractivity contribution is 6.10. The fourth-order valence-electron chi connectivity index (χ4n) is 3.80. The molecule has 3 heterocycles. The topological polar surface area (TPSA) is 104 Å². The van der Waals surface area contributed by atoms with Gasteiger partial charge in [0.05, 0.1) is 6.04 Å². The van der Waals surface area contributed by atoms with Crippen LogP contribution in [0.3, 0.4) is 0 Å². The summed E-state index contributed by atoms with van der Waals surface area (Å²) in [5.41, 5.74) is 10.0. The van der Waals surface area contributed by atoms with Gasteiger partial charge in [-0.1, -0.05) is 30.3 Å². The molecule has 4 N–H and O–H groups in total. The molecule has 2 aromatic heterocycles. The van der Waals surface area contributed by atoms with Crippen LogP contribution >= 0.6 is 0 Å². The molecule has 0 aliphatic carbocycles. The normalized spacial score (nSPS) is 13.9. The Bertz CT molecular complexity index is 1090. The molecule has 0 unspecified atom stereocenters. The molecule has 0 saturated heterocycles. The number of carbonyl (C=O) groups excluding carboxylic acids is 2. The fourth-order valence-corrected chi connectivity index (χ4v) is 3.80. The average molecular weight is 389 g/mol. The monoisotopic (exact) mass is 389 g/mol. The SMILES string of the molecule is CC(=O)N(C(=O)C1=Cc2c[nH]c3nccc(c23)NC1)[C@H](CN)Cc1ccccc1. The van der Waals surface area contributed by atoms with E-state index in [0.717, 1.165) is 27.8 Å². The average Bonchev–Trinajstić information content (AvgIpc) is 3.04. The highest BCUT2D eigenvalue weighted by Crippen LogP contribution is 2.30. The number of hydrogen-bond acceptors (Lipinski definition) is 5. The van der Waals surface area contributed by atoms with E-state index in [-0.39, 0.29) is 18.4 Å². The first-order chi connectivity index (χ1) is 14.1. The minimum absolute atomic E-state index is 0.194. The van der Waals surface area contributed by atoms with Crippen molar-refractivity contribution in [2.24, 2.45) is 5.73 Å². The molecule has 0 spiro atoms. The second-order valence-corrected chi connectivity index (χ2v) is 7.12. The highest BCUT2D eigenvalue weighted by Gasteiger charge is 2.30. The summed E-state index contributed by atoms with van der Waals surface area (Å²) in [5.74, 6) is -0.642. The zero-order valence-corrected chi connectivity index (χ0v) is 16.2. The number of carbonyl (C=O) groups is 2. The van der Waals surface area contributed by atoms with E-state index in [1.807, 2.05) is 48.7 Å². The molecule has 0 bridgehead atoms. The minimum atomic E-state index is -0.415. The van der Waals surface area contributed by atoms with Gasteiger partial charge in [-0.25, -0.2) is 4.98 Å². The number of imide groups is 1. The van der Waals surface area contributed by atoms with Crippen molar-refractivity contribution < 1.29 is 9.59 Å². The molecule has 3 aromatic rings. The van der Waals surface area contributed by atoms with E-state index in [9.17, 15) is 9.59 Å². The van der Waals surface area contributed by atoms with Gasteiger partial charge in [0, 0.05) is 54.6 Å². The number of nitrogens with two attached hydrogens (primary N) is 1. The smallest absolute Gasteiger partial charge is 0.258 e. The molecule has 0 fully saturated rings. The van der Waals surface area contributed by atoms with Crippen molar-refractivity contribution >= 4 is 34.6 Å². The molecule has 7 heteroatoms. The molecule has 1 aromatic carbocycles. The predicted octanol–water partition coefficient (Wildman–Crippen LogP) is 2.32. The summed E-state index contributed by atoms with van der Waals surface area (Å²) in [7, 11) is 0. The number of benzene rings is 1. The lowest BCUT2D eigenvalue weighted by atomic mass is 10.0. The molecule has 0 saturated carbocycles. The van der Waals surface area contributed by atoms with E-state index < -0.39 is 6.04 Å². The number of aromatic nitrogens is 2. The van der Waals surface area contributed by atoms with E-state index in [2.05, 4.69) is 15.3 Å². The van der Waals surface area contributed by atoms with Crippen molar-refractivity contribution in [3.63, 3.8) is 0 Å². The van der Waals surface area contributed by atoms with Crippen LogP contribution in [-0.2, 0) is 16.0 Å². The van der Waals surface area contributed by atoms with E-state index in [4.69, 9.17) is 5.73 Å². The zero-order chi connectivity index (χ0) is 20.4. The second-order valence-electron chi connectivity index (χ2n) is 7.12. The molecule has 1 aliphatic rings. The van der Waals surface area contributed by atoms with Gasteiger partial charge in [0.25, 0.3) is 5.91 Å². The molecule has 29 heavy (non-hydrogen) atoms. The first kappa shape index (κ1) is 18.9. The number of nitrogens with zero attached hydrogens (tertiary/aromatic N) is 2. The van der Waals surface area contributed by atoms with Crippen molar-refractivity contribution in [2.75, 3.05) is 18.4 Å². The Morgan fingerprint density at radius 1 is 1.24 bits per heavy atom. The highest BCUT2D eigenvalue weighted by atomic mass is 16.2. The zero-order valence-electron chi connectivity index (χ0n) is 16.2. The van der Waals surface area contributed by atoms with Crippen molar-refractivity contribution in [3.05, 3.63) is 65.5 Å². The van der Waals surface area contributed by atoms with Gasteiger partial charge in [-0.3, -0.25) is 14.5 Å².